The van der Waals surface area contributed by atoms with Gasteiger partial charge in [-0.1, -0.05) is 91.7 Å². The minimum atomic E-state index is -4.18. The summed E-state index contributed by atoms with van der Waals surface area (Å²) in [5, 5.41) is 3.02. The molecule has 0 aromatic heterocycles. The van der Waals surface area contributed by atoms with Crippen molar-refractivity contribution in [2.75, 3.05) is 24.5 Å². The first-order valence-electron chi connectivity index (χ1n) is 15.4. The number of benzene rings is 4. The van der Waals surface area contributed by atoms with Gasteiger partial charge >= 0.3 is 0 Å². The fraction of sp³-hybridized carbons (Fsp3) is 0.297. The van der Waals surface area contributed by atoms with E-state index in [4.69, 9.17) is 4.74 Å². The predicted octanol–water partition coefficient (Wildman–Crippen LogP) is 5.92. The number of aryl methyl sites for hydroxylation is 2. The van der Waals surface area contributed by atoms with Crippen LogP contribution in [-0.2, 0) is 32.6 Å². The van der Waals surface area contributed by atoms with Crippen molar-refractivity contribution in [2.45, 2.75) is 51.6 Å². The van der Waals surface area contributed by atoms with Crippen molar-refractivity contribution in [1.82, 2.24) is 10.2 Å². The number of hydrogen-bond donors (Lipinski definition) is 1. The number of carbonyl (C=O) groups is 2. The highest BCUT2D eigenvalue weighted by Crippen LogP contribution is 2.27. The molecule has 0 spiro atoms. The first-order chi connectivity index (χ1) is 22.0. The van der Waals surface area contributed by atoms with E-state index in [2.05, 4.69) is 5.32 Å². The van der Waals surface area contributed by atoms with Crippen molar-refractivity contribution in [3.05, 3.63) is 125 Å². The molecule has 0 radical (unpaired) electrons. The fourth-order valence-electron chi connectivity index (χ4n) is 5.10. The van der Waals surface area contributed by atoms with Gasteiger partial charge in [0.15, 0.2) is 0 Å². The molecule has 4 aromatic carbocycles. The molecule has 8 nitrogen and oxygen atoms in total. The number of amides is 2. The lowest BCUT2D eigenvalue weighted by Gasteiger charge is -2.34. The summed E-state index contributed by atoms with van der Waals surface area (Å²) in [6, 6.07) is 29.4. The van der Waals surface area contributed by atoms with Gasteiger partial charge in [-0.3, -0.25) is 13.9 Å². The molecule has 0 bridgehead atoms. The minimum Gasteiger partial charge on any atom is -0.497 e. The summed E-state index contributed by atoms with van der Waals surface area (Å²) in [5.41, 5.74) is 3.94. The van der Waals surface area contributed by atoms with E-state index in [-0.39, 0.29) is 29.7 Å². The molecule has 1 N–H and O–H groups in total. The zero-order valence-electron chi connectivity index (χ0n) is 27.1. The normalized spacial score (nSPS) is 12.0. The van der Waals surface area contributed by atoms with Crippen LogP contribution >= 0.6 is 0 Å². The summed E-state index contributed by atoms with van der Waals surface area (Å²) in [6.07, 6.45) is 0.259. The van der Waals surface area contributed by atoms with Gasteiger partial charge in [-0.05, 0) is 67.3 Å². The minimum absolute atomic E-state index is 0.0578. The molecule has 2 amide bonds. The molecule has 0 fully saturated rings. The van der Waals surface area contributed by atoms with E-state index in [1.54, 1.807) is 36.4 Å². The number of anilines is 1. The van der Waals surface area contributed by atoms with E-state index in [0.717, 1.165) is 26.6 Å². The quantitative estimate of drug-likeness (QED) is 0.185. The number of hydrogen-bond acceptors (Lipinski definition) is 5. The summed E-state index contributed by atoms with van der Waals surface area (Å²) in [5.74, 6) is -0.0503. The Morgan fingerprint density at radius 2 is 1.46 bits per heavy atom. The van der Waals surface area contributed by atoms with Gasteiger partial charge in [0.1, 0.15) is 18.3 Å². The average molecular weight is 642 g/mol. The maximum Gasteiger partial charge on any atom is 0.264 e. The van der Waals surface area contributed by atoms with E-state index in [0.29, 0.717) is 18.0 Å². The van der Waals surface area contributed by atoms with Gasteiger partial charge in [-0.25, -0.2) is 8.42 Å². The molecule has 0 heterocycles. The van der Waals surface area contributed by atoms with Crippen LogP contribution in [0.2, 0.25) is 0 Å². The monoisotopic (exact) mass is 641 g/mol. The molecule has 1 atom stereocenters. The van der Waals surface area contributed by atoms with Gasteiger partial charge in [0.25, 0.3) is 10.0 Å². The number of carbonyl (C=O) groups excluding carboxylic acids is 2. The molecular formula is C37H43N3O5S. The molecule has 0 saturated heterocycles. The Morgan fingerprint density at radius 1 is 0.804 bits per heavy atom. The lowest BCUT2D eigenvalue weighted by Crippen LogP contribution is -2.53. The third-order valence-corrected chi connectivity index (χ3v) is 9.43. The number of methoxy groups -OCH3 is 1. The third kappa shape index (κ3) is 8.97. The van der Waals surface area contributed by atoms with E-state index in [1.807, 2.05) is 82.3 Å². The molecule has 4 aromatic rings. The Kier molecular flexibility index (Phi) is 11.6. The second kappa shape index (κ2) is 15.6. The Bertz CT molecular complexity index is 1710. The summed E-state index contributed by atoms with van der Waals surface area (Å²) < 4.78 is 34.8. The topological polar surface area (TPSA) is 96.0 Å². The first-order valence-corrected chi connectivity index (χ1v) is 16.8. The molecule has 46 heavy (non-hydrogen) atoms. The third-order valence-electron chi connectivity index (χ3n) is 7.64. The number of nitrogens with one attached hydrogen (secondary N) is 1. The Hall–Kier alpha value is -4.63. The van der Waals surface area contributed by atoms with Crippen molar-refractivity contribution in [1.29, 1.82) is 0 Å². The van der Waals surface area contributed by atoms with Crippen LogP contribution in [0.15, 0.2) is 108 Å². The summed E-state index contributed by atoms with van der Waals surface area (Å²) >= 11 is 0. The van der Waals surface area contributed by atoms with E-state index < -0.39 is 28.5 Å². The average Bonchev–Trinajstić information content (AvgIpc) is 3.04. The Labute approximate surface area is 273 Å². The standard InChI is InChI=1S/C37H43N3O5S/c1-27(2)24-38-37(42)35(23-30-11-7-6-8-12-30)39(25-31-13-9-10-29(4)22-31)36(41)26-40(32-16-18-33(45-5)19-17-32)46(43,44)34-20-14-28(3)15-21-34/h6-22,27,35H,23-26H2,1-5H3,(H,38,42). The maximum absolute atomic E-state index is 14.6. The Balaban J connectivity index is 1.80. The van der Waals surface area contributed by atoms with Crippen molar-refractivity contribution in [2.24, 2.45) is 5.92 Å². The predicted molar refractivity (Wildman–Crippen MR) is 182 cm³/mol. The first kappa shape index (κ1) is 34.2. The van der Waals surface area contributed by atoms with Gasteiger partial charge in [-0.2, -0.15) is 0 Å². The van der Waals surface area contributed by atoms with Crippen molar-refractivity contribution < 1.29 is 22.7 Å². The molecule has 0 aliphatic rings. The van der Waals surface area contributed by atoms with Gasteiger partial charge < -0.3 is 15.0 Å². The summed E-state index contributed by atoms with van der Waals surface area (Å²) in [6.45, 7) is 7.89. The van der Waals surface area contributed by atoms with Gasteiger partial charge in [0.2, 0.25) is 11.8 Å². The second-order valence-corrected chi connectivity index (χ2v) is 13.7. The van der Waals surface area contributed by atoms with Crippen LogP contribution in [0.5, 0.6) is 5.75 Å². The molecule has 4 rings (SSSR count). The zero-order valence-corrected chi connectivity index (χ0v) is 28.0. The summed E-state index contributed by atoms with van der Waals surface area (Å²) in [4.78, 5) is 30.0. The smallest absolute Gasteiger partial charge is 0.264 e. The number of sulfonamides is 1. The highest BCUT2D eigenvalue weighted by Gasteiger charge is 2.34. The van der Waals surface area contributed by atoms with Crippen molar-refractivity contribution >= 4 is 27.5 Å². The van der Waals surface area contributed by atoms with E-state index >= 15 is 0 Å². The van der Waals surface area contributed by atoms with E-state index in [9.17, 15) is 18.0 Å². The molecule has 0 aliphatic carbocycles. The lowest BCUT2D eigenvalue weighted by atomic mass is 10.0. The largest absolute Gasteiger partial charge is 0.497 e. The summed E-state index contributed by atoms with van der Waals surface area (Å²) in [7, 11) is -2.65. The zero-order chi connectivity index (χ0) is 33.3. The maximum atomic E-state index is 14.6. The van der Waals surface area contributed by atoms with Crippen LogP contribution in [0.25, 0.3) is 0 Å². The molecule has 9 heteroatoms. The van der Waals surface area contributed by atoms with Crippen LogP contribution in [0.1, 0.15) is 36.1 Å². The number of ether oxygens (including phenoxy) is 1. The van der Waals surface area contributed by atoms with Gasteiger partial charge in [0, 0.05) is 19.5 Å². The second-order valence-electron chi connectivity index (χ2n) is 11.9. The van der Waals surface area contributed by atoms with Crippen LogP contribution in [-0.4, -0.2) is 51.4 Å². The molecule has 1 unspecified atom stereocenters. The molecule has 0 saturated carbocycles. The van der Waals surface area contributed by atoms with Crippen molar-refractivity contribution in [3.63, 3.8) is 0 Å². The van der Waals surface area contributed by atoms with Crippen LogP contribution in [0.4, 0.5) is 5.69 Å². The lowest BCUT2D eigenvalue weighted by molar-refractivity contribution is -0.140. The van der Waals surface area contributed by atoms with Gasteiger partial charge in [0.05, 0.1) is 17.7 Å². The highest BCUT2D eigenvalue weighted by molar-refractivity contribution is 7.92. The van der Waals surface area contributed by atoms with Crippen LogP contribution < -0.4 is 14.4 Å². The molecule has 242 valence electrons. The molecule has 0 aliphatic heterocycles. The van der Waals surface area contributed by atoms with Crippen LogP contribution in [0.3, 0.4) is 0 Å². The van der Waals surface area contributed by atoms with E-state index in [1.165, 1.54) is 24.1 Å². The van der Waals surface area contributed by atoms with Crippen LogP contribution in [0, 0.1) is 19.8 Å². The highest BCUT2D eigenvalue weighted by atomic mass is 32.2. The number of nitrogens with zero attached hydrogens (tertiary/aromatic N) is 2. The Morgan fingerprint density at radius 3 is 2.07 bits per heavy atom. The molecular weight excluding hydrogens is 598 g/mol. The van der Waals surface area contributed by atoms with Gasteiger partial charge in [-0.15, -0.1) is 0 Å². The fourth-order valence-corrected chi connectivity index (χ4v) is 6.51. The number of rotatable bonds is 14. The van der Waals surface area contributed by atoms with Crippen molar-refractivity contribution in [3.8, 4) is 5.75 Å². The SMILES string of the molecule is COc1ccc(N(CC(=O)N(Cc2cccc(C)c2)C(Cc2ccccc2)C(=O)NCC(C)C)S(=O)(=O)c2ccc(C)cc2)cc1.